The highest BCUT2D eigenvalue weighted by Gasteiger charge is 2.29. The third-order valence-corrected chi connectivity index (χ3v) is 6.37. The second kappa shape index (κ2) is 7.29. The van der Waals surface area contributed by atoms with Gasteiger partial charge in [0, 0.05) is 18.8 Å². The Balaban J connectivity index is 1.62. The Labute approximate surface area is 147 Å². The fraction of sp³-hybridized carbons (Fsp3) is 0.588. The van der Waals surface area contributed by atoms with E-state index in [1.165, 1.54) is 13.1 Å². The van der Waals surface area contributed by atoms with Crippen molar-refractivity contribution in [1.82, 2.24) is 9.62 Å². The van der Waals surface area contributed by atoms with Gasteiger partial charge in [-0.1, -0.05) is 0 Å². The molecule has 2 amide bonds. The van der Waals surface area contributed by atoms with E-state index in [0.29, 0.717) is 24.3 Å². The second-order valence-corrected chi connectivity index (χ2v) is 8.85. The number of likely N-dealkylation sites (tertiary alicyclic amines) is 1. The van der Waals surface area contributed by atoms with E-state index in [2.05, 4.69) is 10.0 Å². The molecule has 138 valence electrons. The Bertz CT molecular complexity index is 750. The maximum absolute atomic E-state index is 13.8. The first kappa shape index (κ1) is 18.1. The van der Waals surface area contributed by atoms with Gasteiger partial charge in [0.1, 0.15) is 5.82 Å². The number of rotatable bonds is 5. The van der Waals surface area contributed by atoms with Crippen LogP contribution in [-0.2, 0) is 10.0 Å². The summed E-state index contributed by atoms with van der Waals surface area (Å²) < 4.78 is 39.5. The van der Waals surface area contributed by atoms with Crippen LogP contribution in [0.25, 0.3) is 0 Å². The topological polar surface area (TPSA) is 78.5 Å². The first-order valence-corrected chi connectivity index (χ1v) is 10.3. The number of nitrogens with one attached hydrogen (secondary N) is 2. The number of nitrogens with zero attached hydrogens (tertiary/aromatic N) is 1. The Hall–Kier alpha value is -1.67. The summed E-state index contributed by atoms with van der Waals surface area (Å²) in [4.78, 5) is 14.1. The van der Waals surface area contributed by atoms with Crippen molar-refractivity contribution < 1.29 is 17.6 Å². The van der Waals surface area contributed by atoms with Crippen LogP contribution >= 0.6 is 0 Å². The predicted octanol–water partition coefficient (Wildman–Crippen LogP) is 2.50. The zero-order chi connectivity index (χ0) is 18.0. The van der Waals surface area contributed by atoms with E-state index >= 15 is 0 Å². The average Bonchev–Trinajstić information content (AvgIpc) is 3.41. The fourth-order valence-corrected chi connectivity index (χ4v) is 4.37. The molecule has 6 nitrogen and oxygen atoms in total. The SMILES string of the molecule is CNS(=O)(=O)CC1CCCN(C(=O)Nc2ccc(F)c(C3CC3)c2)C1. The maximum Gasteiger partial charge on any atom is 0.321 e. The summed E-state index contributed by atoms with van der Waals surface area (Å²) in [5.74, 6) is -0.0127. The van der Waals surface area contributed by atoms with Crippen LogP contribution in [0.4, 0.5) is 14.9 Å². The van der Waals surface area contributed by atoms with Gasteiger partial charge in [0.15, 0.2) is 0 Å². The van der Waals surface area contributed by atoms with Crippen molar-refractivity contribution in [3.05, 3.63) is 29.6 Å². The zero-order valence-electron chi connectivity index (χ0n) is 14.3. The summed E-state index contributed by atoms with van der Waals surface area (Å²) >= 11 is 0. The van der Waals surface area contributed by atoms with Gasteiger partial charge in [0.2, 0.25) is 10.0 Å². The number of sulfonamides is 1. The predicted molar refractivity (Wildman–Crippen MR) is 94.5 cm³/mol. The molecule has 2 N–H and O–H groups in total. The molecule has 1 heterocycles. The summed E-state index contributed by atoms with van der Waals surface area (Å²) in [5, 5.41) is 2.81. The highest BCUT2D eigenvalue weighted by atomic mass is 32.2. The minimum atomic E-state index is -3.29. The monoisotopic (exact) mass is 369 g/mol. The maximum atomic E-state index is 13.8. The van der Waals surface area contributed by atoms with Gasteiger partial charge in [-0.25, -0.2) is 22.3 Å². The van der Waals surface area contributed by atoms with Gasteiger partial charge in [-0.15, -0.1) is 0 Å². The molecule has 0 bridgehead atoms. The number of benzene rings is 1. The lowest BCUT2D eigenvalue weighted by molar-refractivity contribution is 0.182. The number of hydrogen-bond acceptors (Lipinski definition) is 3. The molecule has 1 aromatic rings. The molecule has 1 aliphatic carbocycles. The smallest absolute Gasteiger partial charge is 0.321 e. The highest BCUT2D eigenvalue weighted by molar-refractivity contribution is 7.89. The van der Waals surface area contributed by atoms with Crippen molar-refractivity contribution in [3.8, 4) is 0 Å². The quantitative estimate of drug-likeness (QED) is 0.837. The van der Waals surface area contributed by atoms with E-state index in [1.54, 1.807) is 17.0 Å². The van der Waals surface area contributed by atoms with Crippen LogP contribution in [0.2, 0.25) is 0 Å². The summed E-state index contributed by atoms with van der Waals surface area (Å²) in [5.41, 5.74) is 1.24. The summed E-state index contributed by atoms with van der Waals surface area (Å²) in [6, 6.07) is 4.39. The van der Waals surface area contributed by atoms with Gasteiger partial charge in [0.25, 0.3) is 0 Å². The number of anilines is 1. The number of piperidine rings is 1. The van der Waals surface area contributed by atoms with Crippen molar-refractivity contribution in [3.63, 3.8) is 0 Å². The fourth-order valence-electron chi connectivity index (χ4n) is 3.31. The standard InChI is InChI=1S/C17H24FN3O3S/c1-19-25(23,24)11-12-3-2-8-21(10-12)17(22)20-14-6-7-16(18)15(9-14)13-4-5-13/h6-7,9,12-13,19H,2-5,8,10-11H2,1H3,(H,20,22). The van der Waals surface area contributed by atoms with E-state index in [-0.39, 0.29) is 29.4 Å². The first-order chi connectivity index (χ1) is 11.9. The molecule has 0 spiro atoms. The molecule has 1 saturated carbocycles. The van der Waals surface area contributed by atoms with E-state index in [4.69, 9.17) is 0 Å². The molecule has 2 aliphatic rings. The minimum absolute atomic E-state index is 0.0235. The molecular weight excluding hydrogens is 345 g/mol. The molecule has 1 aliphatic heterocycles. The molecule has 25 heavy (non-hydrogen) atoms. The van der Waals surface area contributed by atoms with Crippen molar-refractivity contribution in [2.75, 3.05) is 31.2 Å². The van der Waals surface area contributed by atoms with Gasteiger partial charge in [-0.3, -0.25) is 0 Å². The molecule has 8 heteroatoms. The molecule has 2 fully saturated rings. The average molecular weight is 369 g/mol. The van der Waals surface area contributed by atoms with Crippen LogP contribution in [0.3, 0.4) is 0 Å². The number of hydrogen-bond donors (Lipinski definition) is 2. The van der Waals surface area contributed by atoms with Crippen molar-refractivity contribution in [2.24, 2.45) is 5.92 Å². The van der Waals surface area contributed by atoms with Crippen LogP contribution in [0.1, 0.15) is 37.2 Å². The van der Waals surface area contributed by atoms with Gasteiger partial charge in [-0.2, -0.15) is 0 Å². The Kier molecular flexibility index (Phi) is 5.29. The zero-order valence-corrected chi connectivity index (χ0v) is 15.1. The van der Waals surface area contributed by atoms with Gasteiger partial charge >= 0.3 is 6.03 Å². The minimum Gasteiger partial charge on any atom is -0.324 e. The van der Waals surface area contributed by atoms with Crippen molar-refractivity contribution >= 4 is 21.7 Å². The lowest BCUT2D eigenvalue weighted by atomic mass is 10.0. The van der Waals surface area contributed by atoms with E-state index in [9.17, 15) is 17.6 Å². The summed E-state index contributed by atoms with van der Waals surface area (Å²) in [6.45, 7) is 1.00. The van der Waals surface area contributed by atoms with Crippen LogP contribution in [0.5, 0.6) is 0 Å². The number of carbonyl (C=O) groups is 1. The molecule has 1 unspecified atom stereocenters. The van der Waals surface area contributed by atoms with E-state index < -0.39 is 10.0 Å². The number of carbonyl (C=O) groups excluding carboxylic acids is 1. The Morgan fingerprint density at radius 1 is 1.32 bits per heavy atom. The van der Waals surface area contributed by atoms with Gasteiger partial charge in [0.05, 0.1) is 5.75 Å². The van der Waals surface area contributed by atoms with E-state index in [0.717, 1.165) is 25.7 Å². The Morgan fingerprint density at radius 2 is 2.08 bits per heavy atom. The molecular formula is C17H24FN3O3S. The molecule has 1 atom stereocenters. The first-order valence-electron chi connectivity index (χ1n) is 8.64. The third kappa shape index (κ3) is 4.70. The van der Waals surface area contributed by atoms with Crippen molar-refractivity contribution in [1.29, 1.82) is 0 Å². The lowest BCUT2D eigenvalue weighted by Gasteiger charge is -2.32. The lowest BCUT2D eigenvalue weighted by Crippen LogP contribution is -2.44. The summed E-state index contributed by atoms with van der Waals surface area (Å²) in [6.07, 6.45) is 3.53. The van der Waals surface area contributed by atoms with Crippen LogP contribution in [0.15, 0.2) is 18.2 Å². The molecule has 0 radical (unpaired) electrons. The van der Waals surface area contributed by atoms with Gasteiger partial charge in [-0.05, 0) is 68.3 Å². The van der Waals surface area contributed by atoms with E-state index in [1.807, 2.05) is 0 Å². The highest BCUT2D eigenvalue weighted by Crippen LogP contribution is 2.42. The second-order valence-electron chi connectivity index (χ2n) is 6.88. The molecule has 1 aromatic carbocycles. The number of urea groups is 1. The Morgan fingerprint density at radius 3 is 2.76 bits per heavy atom. The molecule has 1 saturated heterocycles. The normalized spacial score (nSPS) is 21.2. The van der Waals surface area contributed by atoms with Crippen LogP contribution in [-0.4, -0.2) is 45.2 Å². The number of halogens is 1. The van der Waals surface area contributed by atoms with Crippen LogP contribution < -0.4 is 10.0 Å². The third-order valence-electron chi connectivity index (χ3n) is 4.84. The molecule has 3 rings (SSSR count). The van der Waals surface area contributed by atoms with Crippen LogP contribution in [0, 0.1) is 11.7 Å². The largest absolute Gasteiger partial charge is 0.324 e. The summed E-state index contributed by atoms with van der Waals surface area (Å²) in [7, 11) is -1.89. The van der Waals surface area contributed by atoms with Gasteiger partial charge < -0.3 is 10.2 Å². The molecule has 0 aromatic heterocycles. The number of amides is 2. The van der Waals surface area contributed by atoms with Crippen molar-refractivity contribution in [2.45, 2.75) is 31.6 Å².